The summed E-state index contributed by atoms with van der Waals surface area (Å²) in [5, 5.41) is 2.52. The molecule has 0 aliphatic carbocycles. The topological polar surface area (TPSA) is 23.8 Å². The molecule has 1 aliphatic heterocycles. The molecule has 7 aromatic rings. The van der Waals surface area contributed by atoms with E-state index < -0.39 is 0 Å². The molecule has 45 heavy (non-hydrogen) atoms. The Morgan fingerprint density at radius 3 is 2.11 bits per heavy atom. The molecule has 1 aliphatic rings. The summed E-state index contributed by atoms with van der Waals surface area (Å²) in [5.74, 6) is 0. The van der Waals surface area contributed by atoms with Gasteiger partial charge in [-0.3, -0.25) is 0 Å². The summed E-state index contributed by atoms with van der Waals surface area (Å²) in [5.41, 5.74) is 9.98. The number of fused-ring (bicyclic) bond motifs is 4. The van der Waals surface area contributed by atoms with E-state index in [0.717, 1.165) is 34.0 Å². The molecule has 0 fully saturated rings. The quantitative estimate of drug-likeness (QED) is 0.130. The van der Waals surface area contributed by atoms with Gasteiger partial charge < -0.3 is 9.55 Å². The molecule has 8 rings (SSSR count). The van der Waals surface area contributed by atoms with Crippen molar-refractivity contribution < 1.29 is 20.1 Å². The van der Waals surface area contributed by atoms with Crippen LogP contribution in [-0.4, -0.2) is 15.6 Å². The van der Waals surface area contributed by atoms with Gasteiger partial charge in [0.05, 0.1) is 0 Å². The second-order valence-corrected chi connectivity index (χ2v) is 11.2. The molecule has 0 N–H and O–H groups in total. The molecule has 0 saturated carbocycles. The summed E-state index contributed by atoms with van der Waals surface area (Å²) in [7, 11) is 0. The fourth-order valence-electron chi connectivity index (χ4n) is 5.85. The third-order valence-corrected chi connectivity index (χ3v) is 7.86. The summed E-state index contributed by atoms with van der Waals surface area (Å²) in [6.45, 7) is 6.51. The van der Waals surface area contributed by atoms with E-state index >= 15 is 0 Å². The van der Waals surface area contributed by atoms with Gasteiger partial charge in [-0.25, -0.2) is 0 Å². The van der Waals surface area contributed by atoms with E-state index in [4.69, 9.17) is 0 Å². The Morgan fingerprint density at radius 1 is 0.689 bits per heavy atom. The number of hydrogen-bond acceptors (Lipinski definition) is 1. The average Bonchev–Trinajstić information content (AvgIpc) is 3.63. The molecule has 0 unspecified atom stereocenters. The Bertz CT molecular complexity index is 2170. The van der Waals surface area contributed by atoms with Crippen molar-refractivity contribution in [3.63, 3.8) is 0 Å². The first-order valence-electron chi connectivity index (χ1n) is 14.9. The first-order valence-corrected chi connectivity index (χ1v) is 14.9. The van der Waals surface area contributed by atoms with Crippen LogP contribution in [0.1, 0.15) is 25.5 Å². The van der Waals surface area contributed by atoms with Gasteiger partial charge in [0.2, 0.25) is 5.69 Å². The molecule has 2 aromatic heterocycles. The van der Waals surface area contributed by atoms with Crippen LogP contribution in [0.3, 0.4) is 0 Å². The Kier molecular flexibility index (Phi) is 8.69. The number of nitrogens with zero attached hydrogens (tertiary/aromatic N) is 4. The van der Waals surface area contributed by atoms with E-state index in [0.29, 0.717) is 6.04 Å². The van der Waals surface area contributed by atoms with Crippen molar-refractivity contribution in [3.8, 4) is 11.3 Å². The molecule has 0 bridgehead atoms. The van der Waals surface area contributed by atoms with Crippen LogP contribution in [0.15, 0.2) is 134 Å². The summed E-state index contributed by atoms with van der Waals surface area (Å²) >= 11 is 0. The number of aryl methyl sites for hydroxylation is 1. The van der Waals surface area contributed by atoms with Gasteiger partial charge in [0, 0.05) is 67.6 Å². The van der Waals surface area contributed by atoms with Crippen LogP contribution in [0.25, 0.3) is 33.1 Å². The molecule has 0 amide bonds. The van der Waals surface area contributed by atoms with Crippen LogP contribution in [0, 0.1) is 19.1 Å². The van der Waals surface area contributed by atoms with E-state index in [1.807, 2.05) is 55.6 Å². The number of aromatic nitrogens is 2. The molecule has 0 atom stereocenters. The zero-order chi connectivity index (χ0) is 30.0. The van der Waals surface area contributed by atoms with E-state index in [2.05, 4.69) is 136 Å². The summed E-state index contributed by atoms with van der Waals surface area (Å²) in [6, 6.07) is 54.3. The van der Waals surface area contributed by atoms with Crippen molar-refractivity contribution in [2.75, 3.05) is 0 Å². The van der Waals surface area contributed by atoms with Crippen molar-refractivity contribution in [2.24, 2.45) is 0 Å². The van der Waals surface area contributed by atoms with Gasteiger partial charge in [-0.2, -0.15) is 12.1 Å². The smallest absolute Gasteiger partial charge is 0.386 e. The average molecular weight is 761 g/mol. The van der Waals surface area contributed by atoms with Crippen molar-refractivity contribution >= 4 is 50.6 Å². The minimum Gasteiger partial charge on any atom is -0.386 e. The van der Waals surface area contributed by atoms with Crippen molar-refractivity contribution in [1.29, 1.82) is 0 Å². The number of rotatable bonds is 4. The van der Waals surface area contributed by atoms with Crippen molar-refractivity contribution in [1.82, 2.24) is 18.7 Å². The predicted octanol–water partition coefficient (Wildman–Crippen LogP) is 9.89. The maximum Gasteiger partial charge on any atom is 0.501 e. The largest absolute Gasteiger partial charge is 0.501 e. The minimum absolute atomic E-state index is 0. The van der Waals surface area contributed by atoms with Gasteiger partial charge in [-0.05, 0) is 48.1 Å². The van der Waals surface area contributed by atoms with Crippen LogP contribution in [0.2, 0.25) is 0 Å². The van der Waals surface area contributed by atoms with Crippen molar-refractivity contribution in [3.05, 3.63) is 151 Å². The maximum absolute atomic E-state index is 4.32. The molecule has 1 radical (unpaired) electrons. The number of para-hydroxylation sites is 4. The monoisotopic (exact) mass is 761 g/mol. The third-order valence-electron chi connectivity index (χ3n) is 7.86. The molecule has 0 spiro atoms. The van der Waals surface area contributed by atoms with E-state index in [9.17, 15) is 0 Å². The Balaban J connectivity index is 0.000000215. The number of benzene rings is 5. The number of pyridine rings is 1. The minimum atomic E-state index is 0. The fourth-order valence-corrected chi connectivity index (χ4v) is 5.85. The Hall–Kier alpha value is -4.92. The summed E-state index contributed by atoms with van der Waals surface area (Å²) < 4.78 is 6.71. The first-order chi connectivity index (χ1) is 21.6. The molecular weight excluding hydrogens is 729 g/mol. The van der Waals surface area contributed by atoms with E-state index in [-0.39, 0.29) is 20.1 Å². The second kappa shape index (κ2) is 13.0. The Labute approximate surface area is 277 Å². The Morgan fingerprint density at radius 2 is 1.40 bits per heavy atom. The third kappa shape index (κ3) is 5.70. The molecule has 221 valence electrons. The standard InChI is InChI=1S/C28H22N3.C12H10N.Ir/c1-20(2)31-24-15-7-6-13-22(24)23-14-10-18-27(28(23)31)30-19-29(21-11-4-3-5-12-21)25-16-8-9-17-26(25)30;1-10-7-8-12(13-9-10)11-5-3-2-4-6-11;/h3-17,20H,1-2H3;2-5,7-9H,1H3;/q+1;-1;. The van der Waals surface area contributed by atoms with Gasteiger partial charge in [-0.15, -0.1) is 42.0 Å². The number of hydrogen-bond donors (Lipinski definition) is 0. The van der Waals surface area contributed by atoms with Gasteiger partial charge in [0.1, 0.15) is 5.69 Å². The molecule has 5 aromatic carbocycles. The molecule has 3 heterocycles. The van der Waals surface area contributed by atoms with E-state index in [1.165, 1.54) is 27.4 Å². The van der Waals surface area contributed by atoms with Crippen LogP contribution >= 0.6 is 0 Å². The van der Waals surface area contributed by atoms with Crippen LogP contribution in [0.4, 0.5) is 22.7 Å². The molecule has 0 saturated heterocycles. The van der Waals surface area contributed by atoms with Crippen LogP contribution in [0.5, 0.6) is 0 Å². The summed E-state index contributed by atoms with van der Waals surface area (Å²) in [4.78, 5) is 4.32. The predicted molar refractivity (Wildman–Crippen MR) is 183 cm³/mol. The second-order valence-electron chi connectivity index (χ2n) is 11.2. The van der Waals surface area contributed by atoms with E-state index in [1.54, 1.807) is 0 Å². The molecule has 5 heteroatoms. The first kappa shape index (κ1) is 30.1. The van der Waals surface area contributed by atoms with Crippen LogP contribution in [-0.2, 0) is 20.1 Å². The zero-order valence-electron chi connectivity index (χ0n) is 25.4. The zero-order valence-corrected chi connectivity index (χ0v) is 27.8. The fraction of sp³-hybridized carbons (Fsp3) is 0.100. The van der Waals surface area contributed by atoms with Gasteiger partial charge in [0.15, 0.2) is 0 Å². The normalized spacial score (nSPS) is 11.8. The van der Waals surface area contributed by atoms with Gasteiger partial charge in [-0.1, -0.05) is 70.6 Å². The maximum atomic E-state index is 4.32. The van der Waals surface area contributed by atoms with Gasteiger partial charge >= 0.3 is 6.01 Å². The van der Waals surface area contributed by atoms with Crippen molar-refractivity contribution in [2.45, 2.75) is 26.8 Å². The molecule has 4 nitrogen and oxygen atoms in total. The van der Waals surface area contributed by atoms with Crippen LogP contribution < -0.4 is 9.15 Å². The van der Waals surface area contributed by atoms with Gasteiger partial charge in [0.25, 0.3) is 11.4 Å². The molecular formula is C40H32IrN4. The SMILES string of the molecule is CC(C)n1c2ccccc2c2cc[c-]c([N+]3=C=[N+](c4ccccc4)c4ccccc43)c21.Cc1ccc(-c2[c-]cccc2)nc1.[Ir]. The summed E-state index contributed by atoms with van der Waals surface area (Å²) in [6.07, 6.45) is 1.87.